The van der Waals surface area contributed by atoms with E-state index in [0.717, 1.165) is 43.1 Å². The molecule has 2 saturated carbocycles. The molecule has 6 heteroatoms. The molecule has 1 amide bonds. The van der Waals surface area contributed by atoms with Crippen molar-refractivity contribution in [1.29, 1.82) is 0 Å². The summed E-state index contributed by atoms with van der Waals surface area (Å²) in [6, 6.07) is 0.363. The van der Waals surface area contributed by atoms with Gasteiger partial charge in [0.1, 0.15) is 5.00 Å². The summed E-state index contributed by atoms with van der Waals surface area (Å²) >= 11 is 1.55. The van der Waals surface area contributed by atoms with Crippen molar-refractivity contribution in [3.63, 3.8) is 0 Å². The number of ether oxygens (including phenoxy) is 1. The van der Waals surface area contributed by atoms with Gasteiger partial charge in [-0.05, 0) is 82.1 Å². The summed E-state index contributed by atoms with van der Waals surface area (Å²) in [4.78, 5) is 26.4. The maximum Gasteiger partial charge on any atom is 0.341 e. The van der Waals surface area contributed by atoms with Gasteiger partial charge in [-0.1, -0.05) is 6.42 Å². The van der Waals surface area contributed by atoms with Gasteiger partial charge in [-0.3, -0.25) is 4.79 Å². The second-order valence-electron chi connectivity index (χ2n) is 8.69. The number of hydrogen-bond acceptors (Lipinski definition) is 5. The summed E-state index contributed by atoms with van der Waals surface area (Å²) in [6.07, 6.45) is 9.57. The molecular weight excluding hydrogens is 372 g/mol. The molecular formula is C22H32N2O3S. The van der Waals surface area contributed by atoms with Crippen LogP contribution in [0.25, 0.3) is 0 Å². The van der Waals surface area contributed by atoms with Gasteiger partial charge in [-0.15, -0.1) is 11.3 Å². The predicted molar refractivity (Wildman–Crippen MR) is 112 cm³/mol. The van der Waals surface area contributed by atoms with Crippen molar-refractivity contribution in [3.8, 4) is 0 Å². The van der Waals surface area contributed by atoms with Gasteiger partial charge in [0.15, 0.2) is 0 Å². The van der Waals surface area contributed by atoms with Gasteiger partial charge in [0.05, 0.1) is 18.7 Å². The highest BCUT2D eigenvalue weighted by molar-refractivity contribution is 7.17. The van der Waals surface area contributed by atoms with Crippen molar-refractivity contribution >= 4 is 28.2 Å². The van der Waals surface area contributed by atoms with Crippen LogP contribution in [0.2, 0.25) is 0 Å². The minimum atomic E-state index is -0.305. The van der Waals surface area contributed by atoms with E-state index < -0.39 is 0 Å². The van der Waals surface area contributed by atoms with E-state index in [9.17, 15) is 9.59 Å². The van der Waals surface area contributed by atoms with Crippen LogP contribution in [0.3, 0.4) is 0 Å². The van der Waals surface area contributed by atoms with E-state index in [2.05, 4.69) is 17.6 Å². The Kier molecular flexibility index (Phi) is 6.07. The Morgan fingerprint density at radius 2 is 2.04 bits per heavy atom. The summed E-state index contributed by atoms with van der Waals surface area (Å²) < 4.78 is 5.27. The van der Waals surface area contributed by atoms with E-state index in [0.29, 0.717) is 35.7 Å². The summed E-state index contributed by atoms with van der Waals surface area (Å²) in [6.45, 7) is 4.67. The van der Waals surface area contributed by atoms with Crippen LogP contribution in [0.15, 0.2) is 0 Å². The van der Waals surface area contributed by atoms with Crippen LogP contribution >= 0.6 is 11.3 Å². The Bertz CT molecular complexity index is 744. The van der Waals surface area contributed by atoms with Gasteiger partial charge >= 0.3 is 5.97 Å². The summed E-state index contributed by atoms with van der Waals surface area (Å²) in [5.74, 6) is 2.09. The highest BCUT2D eigenvalue weighted by atomic mass is 32.1. The minimum absolute atomic E-state index is 0.0702. The lowest BCUT2D eigenvalue weighted by atomic mass is 9.84. The smallest absolute Gasteiger partial charge is 0.341 e. The Morgan fingerprint density at radius 3 is 2.75 bits per heavy atom. The van der Waals surface area contributed by atoms with Crippen molar-refractivity contribution in [2.45, 2.75) is 71.3 Å². The molecule has 28 heavy (non-hydrogen) atoms. The number of hydrogen-bond donors (Lipinski definition) is 2. The quantitative estimate of drug-likeness (QED) is 0.670. The van der Waals surface area contributed by atoms with E-state index in [1.165, 1.54) is 30.6 Å². The van der Waals surface area contributed by atoms with Crippen molar-refractivity contribution in [2.75, 3.05) is 18.5 Å². The third kappa shape index (κ3) is 3.99. The third-order valence-corrected chi connectivity index (χ3v) is 8.13. The van der Waals surface area contributed by atoms with E-state index in [4.69, 9.17) is 4.74 Å². The molecule has 4 atom stereocenters. The van der Waals surface area contributed by atoms with Gasteiger partial charge in [0, 0.05) is 10.9 Å². The number of rotatable bonds is 7. The van der Waals surface area contributed by atoms with Gasteiger partial charge in [0.25, 0.3) is 0 Å². The number of carbonyl (C=O) groups excluding carboxylic acids is 2. The number of thiophene rings is 1. The predicted octanol–water partition coefficient (Wildman–Crippen LogP) is 4.16. The molecule has 1 aromatic rings. The van der Waals surface area contributed by atoms with Crippen molar-refractivity contribution in [3.05, 3.63) is 16.0 Å². The fourth-order valence-electron chi connectivity index (χ4n) is 5.56. The van der Waals surface area contributed by atoms with Crippen LogP contribution in [0.5, 0.6) is 0 Å². The molecule has 4 rings (SSSR count). The lowest BCUT2D eigenvalue weighted by Crippen LogP contribution is -2.40. The highest BCUT2D eigenvalue weighted by Gasteiger charge is 2.41. The fraction of sp³-hybridized carbons (Fsp3) is 0.727. The van der Waals surface area contributed by atoms with Gasteiger partial charge in [-0.2, -0.15) is 0 Å². The van der Waals surface area contributed by atoms with E-state index in [-0.39, 0.29) is 11.9 Å². The van der Waals surface area contributed by atoms with Crippen LogP contribution in [0.1, 0.15) is 73.2 Å². The fourth-order valence-corrected chi connectivity index (χ4v) is 6.85. The number of carbonyl (C=O) groups is 2. The Balaban J connectivity index is 1.38. The minimum Gasteiger partial charge on any atom is -0.462 e. The second-order valence-corrected chi connectivity index (χ2v) is 9.80. The average Bonchev–Trinajstić information content (AvgIpc) is 3.39. The number of anilines is 1. The topological polar surface area (TPSA) is 67.4 Å². The first kappa shape index (κ1) is 19.9. The van der Waals surface area contributed by atoms with E-state index in [1.807, 2.05) is 6.92 Å². The number of esters is 1. The molecule has 2 N–H and O–H groups in total. The first-order valence-electron chi connectivity index (χ1n) is 10.9. The van der Waals surface area contributed by atoms with Crippen LogP contribution in [-0.4, -0.2) is 31.1 Å². The molecule has 3 aliphatic carbocycles. The van der Waals surface area contributed by atoms with Crippen LogP contribution in [-0.2, 0) is 22.4 Å². The normalized spacial score (nSPS) is 26.7. The van der Waals surface area contributed by atoms with Gasteiger partial charge in [-0.25, -0.2) is 4.79 Å². The summed E-state index contributed by atoms with van der Waals surface area (Å²) in [5.41, 5.74) is 1.68. The van der Waals surface area contributed by atoms with Crippen molar-refractivity contribution in [1.82, 2.24) is 5.32 Å². The number of fused-ring (bicyclic) bond motifs is 3. The average molecular weight is 405 g/mol. The Morgan fingerprint density at radius 1 is 1.21 bits per heavy atom. The maximum atomic E-state index is 12.6. The number of nitrogens with one attached hydrogen (secondary N) is 2. The molecule has 5 nitrogen and oxygen atoms in total. The van der Waals surface area contributed by atoms with E-state index in [1.54, 1.807) is 11.3 Å². The number of amides is 1. The lowest BCUT2D eigenvalue weighted by Gasteiger charge is -2.28. The Hall–Kier alpha value is -1.40. The SMILES string of the molecule is CCOC(=O)c1c(NC(=O)CN[C@H](C)[C@@H]2C[C@H]3CC[C@H]2C3)sc2c1CCCC2. The molecule has 2 bridgehead atoms. The van der Waals surface area contributed by atoms with Crippen molar-refractivity contribution in [2.24, 2.45) is 17.8 Å². The van der Waals surface area contributed by atoms with Crippen LogP contribution in [0.4, 0.5) is 5.00 Å². The van der Waals surface area contributed by atoms with Crippen LogP contribution in [0, 0.1) is 17.8 Å². The first-order valence-corrected chi connectivity index (χ1v) is 11.7. The molecule has 0 spiro atoms. The summed E-state index contributed by atoms with van der Waals surface area (Å²) in [7, 11) is 0. The first-order chi connectivity index (χ1) is 13.6. The molecule has 3 aliphatic rings. The van der Waals surface area contributed by atoms with Crippen LogP contribution < -0.4 is 10.6 Å². The molecule has 0 unspecified atom stereocenters. The van der Waals surface area contributed by atoms with Crippen molar-refractivity contribution < 1.29 is 14.3 Å². The molecule has 0 aliphatic heterocycles. The molecule has 0 aromatic carbocycles. The zero-order valence-electron chi connectivity index (χ0n) is 17.0. The molecule has 0 saturated heterocycles. The molecule has 2 fully saturated rings. The zero-order valence-corrected chi connectivity index (χ0v) is 17.8. The van der Waals surface area contributed by atoms with E-state index >= 15 is 0 Å². The molecule has 154 valence electrons. The maximum absolute atomic E-state index is 12.6. The molecule has 0 radical (unpaired) electrons. The molecule has 1 aromatic heterocycles. The zero-order chi connectivity index (χ0) is 19.7. The third-order valence-electron chi connectivity index (χ3n) is 6.92. The molecule has 1 heterocycles. The largest absolute Gasteiger partial charge is 0.462 e. The Labute approximate surface area is 171 Å². The highest BCUT2D eigenvalue weighted by Crippen LogP contribution is 2.49. The van der Waals surface area contributed by atoms with Gasteiger partial charge < -0.3 is 15.4 Å². The lowest BCUT2D eigenvalue weighted by molar-refractivity contribution is -0.115. The monoisotopic (exact) mass is 404 g/mol. The number of aryl methyl sites for hydroxylation is 1. The van der Waals surface area contributed by atoms with Gasteiger partial charge in [0.2, 0.25) is 5.91 Å². The summed E-state index contributed by atoms with van der Waals surface area (Å²) in [5, 5.41) is 7.12. The standard InChI is InChI=1S/C22H32N2O3S/c1-3-27-22(26)20-16-6-4-5-7-18(16)28-21(20)24-19(25)12-23-13(2)17-11-14-8-9-15(17)10-14/h13-15,17,23H,3-12H2,1-2H3,(H,24,25)/t13-,14+,15+,17+/m1/s1. The second kappa shape index (κ2) is 8.54.